The van der Waals surface area contributed by atoms with Crippen LogP contribution in [0.15, 0.2) is 29.6 Å². The summed E-state index contributed by atoms with van der Waals surface area (Å²) >= 11 is 1.46. The first-order valence-electron chi connectivity index (χ1n) is 7.35. The fourth-order valence-electron chi connectivity index (χ4n) is 2.36. The van der Waals surface area contributed by atoms with Crippen LogP contribution in [0.5, 0.6) is 0 Å². The van der Waals surface area contributed by atoms with E-state index >= 15 is 0 Å². The van der Waals surface area contributed by atoms with Crippen molar-refractivity contribution in [1.29, 1.82) is 0 Å². The lowest BCUT2D eigenvalue weighted by Gasteiger charge is -2.13. The molecule has 1 saturated heterocycles. The monoisotopic (exact) mass is 366 g/mol. The first kappa shape index (κ1) is 18.2. The molecule has 8 heteroatoms. The van der Waals surface area contributed by atoms with E-state index in [1.807, 2.05) is 48.6 Å². The molecule has 1 N–H and O–H groups in total. The van der Waals surface area contributed by atoms with E-state index in [2.05, 4.69) is 10.3 Å². The van der Waals surface area contributed by atoms with Crippen molar-refractivity contribution in [2.24, 2.45) is 0 Å². The second kappa shape index (κ2) is 7.63. The van der Waals surface area contributed by atoms with Crippen molar-refractivity contribution in [2.45, 2.75) is 19.4 Å². The zero-order chi connectivity index (χ0) is 16.4. The number of carbonyl (C=O) groups is 2. The third kappa shape index (κ3) is 4.04. The molecule has 1 aliphatic rings. The second-order valence-electron chi connectivity index (χ2n) is 5.58. The van der Waals surface area contributed by atoms with Crippen molar-refractivity contribution in [3.8, 4) is 0 Å². The Hall–Kier alpha value is -2.12. The third-order valence-corrected chi connectivity index (χ3v) is 4.47. The summed E-state index contributed by atoms with van der Waals surface area (Å²) in [5.41, 5.74) is 2.80. The molecule has 1 aromatic heterocycles. The van der Waals surface area contributed by atoms with Crippen LogP contribution in [0, 0.1) is 0 Å². The maximum atomic E-state index is 11.6. The van der Waals surface area contributed by atoms with Gasteiger partial charge in [0, 0.05) is 43.7 Å². The molecule has 0 bridgehead atoms. The summed E-state index contributed by atoms with van der Waals surface area (Å²) in [5, 5.41) is 5.86. The Morgan fingerprint density at radius 2 is 1.79 bits per heavy atom. The molecule has 6 nitrogen and oxygen atoms in total. The Morgan fingerprint density at radius 3 is 2.38 bits per heavy atom. The molecule has 1 aliphatic heterocycles. The Balaban J connectivity index is 0.00000208. The average molecular weight is 367 g/mol. The zero-order valence-corrected chi connectivity index (χ0v) is 15.1. The van der Waals surface area contributed by atoms with E-state index in [-0.39, 0.29) is 30.8 Å². The predicted octanol–water partition coefficient (Wildman–Crippen LogP) is 3.02. The smallest absolute Gasteiger partial charge is 0.230 e. The summed E-state index contributed by atoms with van der Waals surface area (Å²) in [4.78, 5) is 31.0. The van der Waals surface area contributed by atoms with E-state index < -0.39 is 0 Å². The number of imide groups is 1. The first-order valence-corrected chi connectivity index (χ1v) is 8.23. The summed E-state index contributed by atoms with van der Waals surface area (Å²) in [5.74, 6) is -0.228. The van der Waals surface area contributed by atoms with Gasteiger partial charge in [-0.05, 0) is 24.3 Å². The molecule has 1 fully saturated rings. The molecule has 2 heterocycles. The lowest BCUT2D eigenvalue weighted by Crippen LogP contribution is -2.28. The average Bonchev–Trinajstić information content (AvgIpc) is 3.09. The number of likely N-dealkylation sites (tertiary alicyclic amines) is 1. The fourth-order valence-corrected chi connectivity index (χ4v) is 3.09. The van der Waals surface area contributed by atoms with Gasteiger partial charge >= 0.3 is 0 Å². The fraction of sp³-hybridized carbons (Fsp3) is 0.312. The van der Waals surface area contributed by atoms with Gasteiger partial charge in [0.1, 0.15) is 0 Å². The molecule has 0 spiro atoms. The van der Waals surface area contributed by atoms with Gasteiger partial charge in [-0.3, -0.25) is 14.5 Å². The van der Waals surface area contributed by atoms with E-state index in [1.54, 1.807) is 0 Å². The number of hydrogen-bond donors (Lipinski definition) is 1. The summed E-state index contributed by atoms with van der Waals surface area (Å²) in [6, 6.07) is 8.03. The highest BCUT2D eigenvalue weighted by atomic mass is 35.5. The molecule has 0 unspecified atom stereocenters. The number of nitrogens with one attached hydrogen (secondary N) is 1. The van der Waals surface area contributed by atoms with E-state index in [1.165, 1.54) is 16.2 Å². The number of thiazole rings is 1. The molecule has 3 rings (SSSR count). The van der Waals surface area contributed by atoms with Crippen LogP contribution in [0.1, 0.15) is 18.5 Å². The molecule has 0 aliphatic carbocycles. The topological polar surface area (TPSA) is 65.5 Å². The highest BCUT2D eigenvalue weighted by molar-refractivity contribution is 7.13. The molecular weight excluding hydrogens is 348 g/mol. The Kier molecular flexibility index (Phi) is 5.80. The van der Waals surface area contributed by atoms with Gasteiger partial charge in [0.2, 0.25) is 11.8 Å². The molecule has 128 valence electrons. The van der Waals surface area contributed by atoms with Gasteiger partial charge in [-0.25, -0.2) is 4.98 Å². The Labute approximate surface area is 150 Å². The number of amides is 2. The van der Waals surface area contributed by atoms with Crippen LogP contribution in [0.25, 0.3) is 0 Å². The summed E-state index contributed by atoms with van der Waals surface area (Å²) in [6.45, 7) is 0.259. The minimum absolute atomic E-state index is 0. The van der Waals surface area contributed by atoms with Crippen LogP contribution >= 0.6 is 23.7 Å². The van der Waals surface area contributed by atoms with Gasteiger partial charge in [-0.15, -0.1) is 23.7 Å². The zero-order valence-electron chi connectivity index (χ0n) is 13.5. The Morgan fingerprint density at radius 1 is 1.17 bits per heavy atom. The number of carbonyl (C=O) groups excluding carboxylic acids is 2. The van der Waals surface area contributed by atoms with Crippen LogP contribution < -0.4 is 10.2 Å². The summed E-state index contributed by atoms with van der Waals surface area (Å²) in [6.07, 6.45) is 0.624. The molecule has 1 aromatic carbocycles. The third-order valence-electron chi connectivity index (χ3n) is 3.66. The van der Waals surface area contributed by atoms with Gasteiger partial charge in [0.15, 0.2) is 5.13 Å². The number of halogens is 1. The summed E-state index contributed by atoms with van der Waals surface area (Å²) < 4.78 is 0. The van der Waals surface area contributed by atoms with Crippen LogP contribution in [-0.2, 0) is 16.1 Å². The van der Waals surface area contributed by atoms with Gasteiger partial charge in [0.25, 0.3) is 0 Å². The first-order chi connectivity index (χ1) is 11.0. The lowest BCUT2D eigenvalue weighted by atomic mass is 10.2. The molecule has 0 radical (unpaired) electrons. The Bertz CT molecular complexity index is 714. The van der Waals surface area contributed by atoms with E-state index in [9.17, 15) is 9.59 Å². The molecule has 0 saturated carbocycles. The van der Waals surface area contributed by atoms with E-state index in [0.29, 0.717) is 12.8 Å². The van der Waals surface area contributed by atoms with Gasteiger partial charge in [-0.1, -0.05) is 0 Å². The minimum Gasteiger partial charge on any atom is -0.378 e. The van der Waals surface area contributed by atoms with E-state index in [0.717, 1.165) is 22.2 Å². The normalized spacial score (nSPS) is 13.8. The molecule has 24 heavy (non-hydrogen) atoms. The van der Waals surface area contributed by atoms with Crippen molar-refractivity contribution in [3.05, 3.63) is 35.3 Å². The van der Waals surface area contributed by atoms with Gasteiger partial charge in [-0.2, -0.15) is 0 Å². The quantitative estimate of drug-likeness (QED) is 0.824. The predicted molar refractivity (Wildman–Crippen MR) is 98.2 cm³/mol. The number of anilines is 3. The highest BCUT2D eigenvalue weighted by Crippen LogP contribution is 2.24. The van der Waals surface area contributed by atoms with Crippen molar-refractivity contribution in [3.63, 3.8) is 0 Å². The van der Waals surface area contributed by atoms with Crippen LogP contribution in [0.2, 0.25) is 0 Å². The van der Waals surface area contributed by atoms with Gasteiger partial charge in [0.05, 0.1) is 12.2 Å². The second-order valence-corrected chi connectivity index (χ2v) is 6.44. The van der Waals surface area contributed by atoms with Crippen molar-refractivity contribution in [1.82, 2.24) is 9.88 Å². The van der Waals surface area contributed by atoms with Crippen molar-refractivity contribution >= 4 is 52.1 Å². The van der Waals surface area contributed by atoms with Crippen molar-refractivity contribution < 1.29 is 9.59 Å². The van der Waals surface area contributed by atoms with Crippen LogP contribution in [0.4, 0.5) is 16.5 Å². The number of aromatic nitrogens is 1. The van der Waals surface area contributed by atoms with E-state index in [4.69, 9.17) is 0 Å². The molecule has 0 atom stereocenters. The standard InChI is InChI=1S/C16H18N4O2S.ClH/c1-19(2)13-5-3-11(4-6-13)17-16-18-12(10-23-16)9-20-14(21)7-8-15(20)22;/h3-6,10H,7-9H2,1-2H3,(H,17,18);1H. The maximum absolute atomic E-state index is 11.6. The van der Waals surface area contributed by atoms with Crippen LogP contribution in [0.3, 0.4) is 0 Å². The van der Waals surface area contributed by atoms with Gasteiger partial charge < -0.3 is 10.2 Å². The largest absolute Gasteiger partial charge is 0.378 e. The molecule has 2 aromatic rings. The number of benzene rings is 1. The lowest BCUT2D eigenvalue weighted by molar-refractivity contribution is -0.139. The highest BCUT2D eigenvalue weighted by Gasteiger charge is 2.29. The molecule has 2 amide bonds. The van der Waals surface area contributed by atoms with Crippen molar-refractivity contribution in [2.75, 3.05) is 24.3 Å². The maximum Gasteiger partial charge on any atom is 0.230 e. The minimum atomic E-state index is -0.114. The molecular formula is C16H19ClN4O2S. The van der Waals surface area contributed by atoms with Crippen LogP contribution in [-0.4, -0.2) is 35.8 Å². The number of rotatable bonds is 5. The SMILES string of the molecule is CN(C)c1ccc(Nc2nc(CN3C(=O)CCC3=O)cs2)cc1.Cl. The summed E-state index contributed by atoms with van der Waals surface area (Å²) in [7, 11) is 3.99. The number of nitrogens with zero attached hydrogens (tertiary/aromatic N) is 3. The number of hydrogen-bond acceptors (Lipinski definition) is 6.